The standard InChI is InChI=1S/C13H25N5O/c1-3-18-12(9-17(2)5-4-6-19)15-16-13(18)10-7-11(14)8-10/h10-11,19H,3-9,14H2,1-2H3. The third-order valence-electron chi connectivity index (χ3n) is 3.82. The highest BCUT2D eigenvalue weighted by Gasteiger charge is 2.31. The summed E-state index contributed by atoms with van der Waals surface area (Å²) in [5, 5.41) is 17.5. The highest BCUT2D eigenvalue weighted by Crippen LogP contribution is 2.34. The quantitative estimate of drug-likeness (QED) is 0.743. The molecule has 1 aliphatic carbocycles. The van der Waals surface area contributed by atoms with E-state index in [1.165, 1.54) is 0 Å². The fraction of sp³-hybridized carbons (Fsp3) is 0.846. The Morgan fingerprint density at radius 3 is 2.74 bits per heavy atom. The Kier molecular flexibility index (Phi) is 4.90. The van der Waals surface area contributed by atoms with E-state index in [-0.39, 0.29) is 6.61 Å². The maximum Gasteiger partial charge on any atom is 0.147 e. The first-order chi connectivity index (χ1) is 9.15. The lowest BCUT2D eigenvalue weighted by Crippen LogP contribution is -2.36. The van der Waals surface area contributed by atoms with Crippen LogP contribution in [0.1, 0.15) is 43.8 Å². The van der Waals surface area contributed by atoms with Gasteiger partial charge in [-0.2, -0.15) is 0 Å². The van der Waals surface area contributed by atoms with Gasteiger partial charge >= 0.3 is 0 Å². The van der Waals surface area contributed by atoms with Gasteiger partial charge < -0.3 is 15.4 Å². The van der Waals surface area contributed by atoms with Crippen LogP contribution in [0.25, 0.3) is 0 Å². The van der Waals surface area contributed by atoms with Crippen molar-refractivity contribution in [1.29, 1.82) is 0 Å². The molecule has 2 rings (SSSR count). The Morgan fingerprint density at radius 2 is 2.16 bits per heavy atom. The van der Waals surface area contributed by atoms with Crippen LogP contribution >= 0.6 is 0 Å². The summed E-state index contributed by atoms with van der Waals surface area (Å²) in [4.78, 5) is 2.17. The zero-order valence-electron chi connectivity index (χ0n) is 11.9. The van der Waals surface area contributed by atoms with Gasteiger partial charge in [-0.1, -0.05) is 0 Å². The number of rotatable bonds is 7. The van der Waals surface area contributed by atoms with Gasteiger partial charge in [0.1, 0.15) is 11.6 Å². The Hall–Kier alpha value is -0.980. The summed E-state index contributed by atoms with van der Waals surface area (Å²) in [6.07, 6.45) is 2.85. The Balaban J connectivity index is 2.00. The minimum Gasteiger partial charge on any atom is -0.396 e. The van der Waals surface area contributed by atoms with Crippen molar-refractivity contribution in [2.75, 3.05) is 20.2 Å². The van der Waals surface area contributed by atoms with E-state index in [2.05, 4.69) is 26.6 Å². The van der Waals surface area contributed by atoms with Crippen LogP contribution < -0.4 is 5.73 Å². The molecule has 1 aromatic heterocycles. The van der Waals surface area contributed by atoms with E-state index in [1.54, 1.807) is 0 Å². The molecule has 0 atom stereocenters. The summed E-state index contributed by atoms with van der Waals surface area (Å²) in [5.41, 5.74) is 5.85. The second kappa shape index (κ2) is 6.45. The molecule has 3 N–H and O–H groups in total. The van der Waals surface area contributed by atoms with Gasteiger partial charge in [-0.25, -0.2) is 0 Å². The van der Waals surface area contributed by atoms with Gasteiger partial charge in [0.25, 0.3) is 0 Å². The topological polar surface area (TPSA) is 80.2 Å². The van der Waals surface area contributed by atoms with Crippen LogP contribution in [0, 0.1) is 0 Å². The number of hydrogen-bond donors (Lipinski definition) is 2. The highest BCUT2D eigenvalue weighted by molar-refractivity contribution is 5.08. The third kappa shape index (κ3) is 3.32. The lowest BCUT2D eigenvalue weighted by Gasteiger charge is -2.31. The van der Waals surface area contributed by atoms with Crippen molar-refractivity contribution in [2.24, 2.45) is 5.73 Å². The van der Waals surface area contributed by atoms with Crippen molar-refractivity contribution in [3.63, 3.8) is 0 Å². The average molecular weight is 267 g/mol. The van der Waals surface area contributed by atoms with Crippen molar-refractivity contribution in [2.45, 2.75) is 51.2 Å². The molecule has 0 aromatic carbocycles. The van der Waals surface area contributed by atoms with Crippen LogP contribution in [-0.2, 0) is 13.1 Å². The number of aliphatic hydroxyl groups excluding tert-OH is 1. The van der Waals surface area contributed by atoms with E-state index < -0.39 is 0 Å². The molecule has 1 aromatic rings. The van der Waals surface area contributed by atoms with E-state index in [1.807, 2.05) is 7.05 Å². The molecule has 1 aliphatic rings. The van der Waals surface area contributed by atoms with Crippen molar-refractivity contribution in [1.82, 2.24) is 19.7 Å². The smallest absolute Gasteiger partial charge is 0.147 e. The van der Waals surface area contributed by atoms with Crippen molar-refractivity contribution < 1.29 is 5.11 Å². The molecule has 6 heteroatoms. The van der Waals surface area contributed by atoms with Gasteiger partial charge in [-0.05, 0) is 33.2 Å². The summed E-state index contributed by atoms with van der Waals surface area (Å²) >= 11 is 0. The minimum absolute atomic E-state index is 0.232. The normalized spacial score (nSPS) is 22.8. The fourth-order valence-electron chi connectivity index (χ4n) is 2.65. The fourth-order valence-corrected chi connectivity index (χ4v) is 2.65. The number of aromatic nitrogens is 3. The highest BCUT2D eigenvalue weighted by atomic mass is 16.3. The molecule has 0 unspecified atom stereocenters. The molecule has 0 radical (unpaired) electrons. The van der Waals surface area contributed by atoms with Gasteiger partial charge in [0.15, 0.2) is 0 Å². The molecular weight excluding hydrogens is 242 g/mol. The van der Waals surface area contributed by atoms with Crippen molar-refractivity contribution in [3.8, 4) is 0 Å². The van der Waals surface area contributed by atoms with E-state index in [9.17, 15) is 0 Å². The van der Waals surface area contributed by atoms with Gasteiger partial charge in [0.2, 0.25) is 0 Å². The lowest BCUT2D eigenvalue weighted by atomic mass is 9.80. The molecule has 1 fully saturated rings. The molecule has 6 nitrogen and oxygen atoms in total. The first-order valence-electron chi connectivity index (χ1n) is 7.12. The Morgan fingerprint density at radius 1 is 1.42 bits per heavy atom. The second-order valence-electron chi connectivity index (χ2n) is 5.46. The zero-order valence-corrected chi connectivity index (χ0v) is 11.9. The average Bonchev–Trinajstić information content (AvgIpc) is 2.74. The Bertz CT molecular complexity index is 400. The summed E-state index contributed by atoms with van der Waals surface area (Å²) in [5.74, 6) is 2.59. The summed E-state index contributed by atoms with van der Waals surface area (Å²) < 4.78 is 2.21. The van der Waals surface area contributed by atoms with E-state index in [0.717, 1.165) is 50.5 Å². The molecule has 0 aliphatic heterocycles. The first-order valence-corrected chi connectivity index (χ1v) is 7.12. The number of nitrogens with zero attached hydrogens (tertiary/aromatic N) is 4. The number of nitrogens with two attached hydrogens (primary N) is 1. The molecule has 0 saturated heterocycles. The first kappa shape index (κ1) is 14.4. The molecular formula is C13H25N5O. The van der Waals surface area contributed by atoms with Crippen LogP contribution in [0.4, 0.5) is 0 Å². The van der Waals surface area contributed by atoms with E-state index in [4.69, 9.17) is 10.8 Å². The molecule has 0 bridgehead atoms. The maximum absolute atomic E-state index is 8.85. The van der Waals surface area contributed by atoms with Gasteiger partial charge in [-0.15, -0.1) is 10.2 Å². The van der Waals surface area contributed by atoms with Crippen LogP contribution in [-0.4, -0.2) is 51.0 Å². The molecule has 0 amide bonds. The Labute approximate surface area is 114 Å². The van der Waals surface area contributed by atoms with Gasteiger partial charge in [-0.3, -0.25) is 4.90 Å². The van der Waals surface area contributed by atoms with E-state index in [0.29, 0.717) is 12.0 Å². The number of aliphatic hydroxyl groups is 1. The van der Waals surface area contributed by atoms with Gasteiger partial charge in [0.05, 0.1) is 6.54 Å². The molecule has 108 valence electrons. The van der Waals surface area contributed by atoms with Crippen LogP contribution in [0.5, 0.6) is 0 Å². The predicted molar refractivity (Wildman–Crippen MR) is 73.7 cm³/mol. The predicted octanol–water partition coefficient (Wildman–Crippen LogP) is 0.317. The summed E-state index contributed by atoms with van der Waals surface area (Å²) in [6.45, 7) is 4.91. The van der Waals surface area contributed by atoms with Crippen molar-refractivity contribution >= 4 is 0 Å². The largest absolute Gasteiger partial charge is 0.396 e. The van der Waals surface area contributed by atoms with E-state index >= 15 is 0 Å². The zero-order chi connectivity index (χ0) is 13.8. The minimum atomic E-state index is 0.232. The number of hydrogen-bond acceptors (Lipinski definition) is 5. The van der Waals surface area contributed by atoms with Crippen LogP contribution in [0.3, 0.4) is 0 Å². The summed E-state index contributed by atoms with van der Waals surface area (Å²) in [6, 6.07) is 0.336. The maximum atomic E-state index is 8.85. The van der Waals surface area contributed by atoms with Crippen molar-refractivity contribution in [3.05, 3.63) is 11.6 Å². The lowest BCUT2D eigenvalue weighted by molar-refractivity contribution is 0.240. The molecule has 19 heavy (non-hydrogen) atoms. The third-order valence-corrected chi connectivity index (χ3v) is 3.82. The molecule has 1 heterocycles. The molecule has 0 spiro atoms. The van der Waals surface area contributed by atoms with Crippen LogP contribution in [0.15, 0.2) is 0 Å². The summed E-state index contributed by atoms with van der Waals surface area (Å²) in [7, 11) is 2.04. The molecule has 1 saturated carbocycles. The monoisotopic (exact) mass is 267 g/mol. The SMILES string of the molecule is CCn1c(CN(C)CCCO)nnc1C1CC(N)C1. The second-order valence-corrected chi connectivity index (χ2v) is 5.46. The van der Waals surface area contributed by atoms with Crippen LogP contribution in [0.2, 0.25) is 0 Å². The van der Waals surface area contributed by atoms with Gasteiger partial charge in [0, 0.05) is 31.7 Å².